The SMILES string of the molecule is CCC1CC2CCC(NC(=O)c3cc(-c4c(OC)cccc4OC)n(-c4ccc(C(=O)N(C)CCCN(C)CCCN(C)C(=O)CCC(=O)NCCCOCCOCCOCCCNC(=O)CCC(C(=O)O)N5CCN(CC(=O)O)CCN(CC(=O)O)CC5)cc4C(C)C)n3)(C(=O)O)C(C1)C2. The van der Waals surface area contributed by atoms with Crippen molar-refractivity contribution in [1.29, 1.82) is 0 Å². The Hall–Kier alpha value is -7.80. The number of hydrogen-bond donors (Lipinski definition) is 7. The Bertz CT molecular complexity index is 3150. The predicted octanol–water partition coefficient (Wildman–Crippen LogP) is 4.88. The standard InChI is InChI=1S/C72H111N11O18/c1-9-51-43-52-23-24-72(71(95)96,54(44-51)45-52)75-68(91)56-47-59(67-60(97-7)15-10-16-61(67)98-8)83(76-56)57-18-17-53(46-55(57)50(2)3)69(92)79(6)30-14-28-77(4)27-13-29-78(5)64(86)22-21-63(85)74-26-12-38-100-40-42-101-41-39-99-37-11-25-73-62(84)20-19-58(70(93)94)82-35-33-80(48-65(87)88)31-32-81(34-36-82)49-66(89)90/h10,15-18,46-47,50-52,54,58H,9,11-14,19-45,48-49H2,1-8H3,(H,73,84)(H,74,85)(H,75,91)(H,87,88)(H,89,90)(H,93,94)(H,95,96). The largest absolute Gasteiger partial charge is 0.496 e. The molecule has 1 aromatic heterocycles. The predicted molar refractivity (Wildman–Crippen MR) is 377 cm³/mol. The van der Waals surface area contributed by atoms with Gasteiger partial charge >= 0.3 is 23.9 Å². The number of aromatic nitrogens is 2. The highest BCUT2D eigenvalue weighted by atomic mass is 16.5. The summed E-state index contributed by atoms with van der Waals surface area (Å²) in [6.45, 7) is 12.7. The normalized spacial score (nSPS) is 18.6. The molecule has 2 aromatic carbocycles. The summed E-state index contributed by atoms with van der Waals surface area (Å²) in [5.41, 5.74) is 1.55. The van der Waals surface area contributed by atoms with Crippen molar-refractivity contribution in [3.63, 3.8) is 0 Å². The second-order valence-electron chi connectivity index (χ2n) is 27.2. The lowest BCUT2D eigenvalue weighted by Gasteiger charge is -2.49. The number of fused-ring (bicyclic) bond motifs is 2. The first-order chi connectivity index (χ1) is 48.4. The summed E-state index contributed by atoms with van der Waals surface area (Å²) in [4.78, 5) is 126. The molecule has 562 valence electrons. The van der Waals surface area contributed by atoms with Gasteiger partial charge in [0.2, 0.25) is 17.7 Å². The third kappa shape index (κ3) is 25.6. The summed E-state index contributed by atoms with van der Waals surface area (Å²) >= 11 is 0. The Balaban J connectivity index is 0.820. The molecule has 6 rings (SSSR count). The summed E-state index contributed by atoms with van der Waals surface area (Å²) in [7, 11) is 8.61. The maximum absolute atomic E-state index is 14.5. The van der Waals surface area contributed by atoms with Crippen molar-refractivity contribution in [1.82, 2.24) is 55.1 Å². The molecule has 7 N–H and O–H groups in total. The number of nitrogens with one attached hydrogen (secondary N) is 3. The van der Waals surface area contributed by atoms with Crippen molar-refractivity contribution < 1.29 is 87.3 Å². The van der Waals surface area contributed by atoms with E-state index in [2.05, 4.69) is 27.8 Å². The second-order valence-corrected chi connectivity index (χ2v) is 27.2. The van der Waals surface area contributed by atoms with Gasteiger partial charge in [-0.1, -0.05) is 33.3 Å². The van der Waals surface area contributed by atoms with Gasteiger partial charge in [-0.3, -0.25) is 53.1 Å². The van der Waals surface area contributed by atoms with Crippen molar-refractivity contribution in [3.05, 3.63) is 59.3 Å². The van der Waals surface area contributed by atoms with Crippen molar-refractivity contribution in [3.8, 4) is 28.4 Å². The topological polar surface area (TPSA) is 354 Å². The van der Waals surface area contributed by atoms with Crippen LogP contribution in [0.25, 0.3) is 16.9 Å². The average molecular weight is 1420 g/mol. The molecule has 1 saturated heterocycles. The van der Waals surface area contributed by atoms with Gasteiger partial charge in [-0.25, -0.2) is 9.48 Å². The van der Waals surface area contributed by atoms with Gasteiger partial charge in [0.25, 0.3) is 11.8 Å². The number of benzene rings is 2. The first-order valence-corrected chi connectivity index (χ1v) is 35.7. The van der Waals surface area contributed by atoms with Crippen LogP contribution in [0.2, 0.25) is 0 Å². The van der Waals surface area contributed by atoms with E-state index in [9.17, 15) is 63.6 Å². The second kappa shape index (κ2) is 42.0. The molecule has 5 amide bonds. The Morgan fingerprint density at radius 3 is 1.77 bits per heavy atom. The van der Waals surface area contributed by atoms with E-state index >= 15 is 0 Å². The smallest absolute Gasteiger partial charge is 0.329 e. The van der Waals surface area contributed by atoms with Gasteiger partial charge in [0.15, 0.2) is 5.69 Å². The van der Waals surface area contributed by atoms with Crippen LogP contribution in [0.15, 0.2) is 42.5 Å². The molecule has 2 heterocycles. The van der Waals surface area contributed by atoms with Gasteiger partial charge in [-0.05, 0) is 150 Å². The van der Waals surface area contributed by atoms with Gasteiger partial charge < -0.3 is 74.8 Å². The van der Waals surface area contributed by atoms with E-state index in [0.717, 1.165) is 50.6 Å². The summed E-state index contributed by atoms with van der Waals surface area (Å²) in [5.74, 6) is -4.10. The number of carboxylic acids is 4. The molecule has 29 heteroatoms. The highest BCUT2D eigenvalue weighted by Gasteiger charge is 2.53. The van der Waals surface area contributed by atoms with Crippen molar-refractivity contribution in [2.75, 3.05) is 167 Å². The summed E-state index contributed by atoms with van der Waals surface area (Å²) in [5, 5.41) is 53.1. The zero-order chi connectivity index (χ0) is 73.6. The lowest BCUT2D eigenvalue weighted by molar-refractivity contribution is -0.151. The Morgan fingerprint density at radius 2 is 1.23 bits per heavy atom. The number of aliphatic carboxylic acids is 4. The van der Waals surface area contributed by atoms with Gasteiger partial charge in [0.05, 0.1) is 70.7 Å². The van der Waals surface area contributed by atoms with Gasteiger partial charge in [-0.15, -0.1) is 0 Å². The van der Waals surface area contributed by atoms with Crippen LogP contribution < -0.4 is 25.4 Å². The third-order valence-electron chi connectivity index (χ3n) is 19.5. The molecule has 5 unspecified atom stereocenters. The van der Waals surface area contributed by atoms with Gasteiger partial charge in [-0.2, -0.15) is 5.10 Å². The summed E-state index contributed by atoms with van der Waals surface area (Å²) < 4.78 is 30.1. The van der Waals surface area contributed by atoms with Crippen LogP contribution in [-0.4, -0.2) is 291 Å². The number of hydrogen-bond acceptors (Lipinski definition) is 19. The van der Waals surface area contributed by atoms with E-state index in [1.807, 2.05) is 33.0 Å². The average Bonchev–Trinajstić information content (AvgIpc) is 1.74. The van der Waals surface area contributed by atoms with Crippen LogP contribution >= 0.6 is 0 Å². The molecule has 3 aliphatic rings. The molecular weight excluding hydrogens is 1310 g/mol. The van der Waals surface area contributed by atoms with Crippen molar-refractivity contribution in [2.45, 2.75) is 128 Å². The molecule has 5 atom stereocenters. The minimum absolute atomic E-state index is 0.0251. The number of nitrogens with zero attached hydrogens (tertiary/aromatic N) is 8. The third-order valence-corrected chi connectivity index (χ3v) is 19.5. The minimum atomic E-state index is -1.42. The fourth-order valence-corrected chi connectivity index (χ4v) is 13.8. The van der Waals surface area contributed by atoms with E-state index in [-0.39, 0.29) is 106 Å². The molecule has 0 spiro atoms. The zero-order valence-corrected chi connectivity index (χ0v) is 60.6. The molecule has 0 radical (unpaired) electrons. The fourth-order valence-electron chi connectivity index (χ4n) is 13.8. The van der Waals surface area contributed by atoms with Crippen molar-refractivity contribution >= 4 is 53.4 Å². The first kappa shape index (κ1) is 82.2. The quantitative estimate of drug-likeness (QED) is 0.0371. The molecule has 1 aliphatic heterocycles. The van der Waals surface area contributed by atoms with Crippen LogP contribution in [0.5, 0.6) is 11.5 Å². The van der Waals surface area contributed by atoms with Crippen molar-refractivity contribution in [2.24, 2.45) is 17.8 Å². The summed E-state index contributed by atoms with van der Waals surface area (Å²) in [6.07, 6.45) is 7.30. The van der Waals surface area contributed by atoms with Crippen LogP contribution in [0.3, 0.4) is 0 Å². The Labute approximate surface area is 593 Å². The number of rotatable bonds is 44. The number of carboxylic acid groups (broad SMARTS) is 4. The maximum Gasteiger partial charge on any atom is 0.329 e. The highest BCUT2D eigenvalue weighted by molar-refractivity contribution is 5.98. The number of ether oxygens (including phenoxy) is 5. The highest BCUT2D eigenvalue weighted by Crippen LogP contribution is 2.49. The lowest BCUT2D eigenvalue weighted by Crippen LogP contribution is -2.62. The molecule has 3 aromatic rings. The lowest BCUT2D eigenvalue weighted by atomic mass is 9.59. The van der Waals surface area contributed by atoms with Crippen LogP contribution in [0.4, 0.5) is 0 Å². The van der Waals surface area contributed by atoms with Gasteiger partial charge in [0, 0.05) is 118 Å². The molecule has 2 bridgehead atoms. The van der Waals surface area contributed by atoms with Crippen LogP contribution in [-0.2, 0) is 47.8 Å². The van der Waals surface area contributed by atoms with E-state index in [0.29, 0.717) is 157 Å². The first-order valence-electron chi connectivity index (χ1n) is 35.7. The number of carbonyl (C=O) groups is 9. The van der Waals surface area contributed by atoms with Crippen LogP contribution in [0.1, 0.15) is 143 Å². The molecule has 2 aliphatic carbocycles. The maximum atomic E-state index is 14.5. The molecule has 29 nitrogen and oxygen atoms in total. The number of methoxy groups -OCH3 is 2. The van der Waals surface area contributed by atoms with E-state index in [1.54, 1.807) is 87.8 Å². The molecule has 101 heavy (non-hydrogen) atoms. The molecular formula is C72H111N11O18. The monoisotopic (exact) mass is 1420 g/mol. The molecule has 3 fully saturated rings. The number of carbonyl (C=O) groups excluding carboxylic acids is 5. The van der Waals surface area contributed by atoms with Crippen LogP contribution in [0, 0.1) is 17.8 Å². The molecule has 2 saturated carbocycles. The van der Waals surface area contributed by atoms with E-state index < -0.39 is 41.4 Å². The Kier molecular flexibility index (Phi) is 34.1. The van der Waals surface area contributed by atoms with Gasteiger partial charge in [0.1, 0.15) is 23.1 Å². The summed E-state index contributed by atoms with van der Waals surface area (Å²) in [6, 6.07) is 11.5. The van der Waals surface area contributed by atoms with E-state index in [4.69, 9.17) is 28.8 Å². The van der Waals surface area contributed by atoms with E-state index in [1.165, 1.54) is 0 Å². The Morgan fingerprint density at radius 1 is 0.663 bits per heavy atom. The minimum Gasteiger partial charge on any atom is -0.496 e. The fraction of sp³-hybridized carbons (Fsp3) is 0.667. The number of amides is 5. The zero-order valence-electron chi connectivity index (χ0n) is 60.6.